The van der Waals surface area contributed by atoms with Gasteiger partial charge in [-0.15, -0.1) is 0 Å². The van der Waals surface area contributed by atoms with Gasteiger partial charge >= 0.3 is 0 Å². The first-order valence-corrected chi connectivity index (χ1v) is 10.4. The second-order valence-electron chi connectivity index (χ2n) is 7.96. The average molecular weight is 400 g/mol. The molecule has 2 bridgehead atoms. The normalized spacial score (nSPS) is 21.0. The van der Waals surface area contributed by atoms with Crippen molar-refractivity contribution in [2.75, 3.05) is 10.2 Å². The SMILES string of the molecule is C[C@H](Nc1nccc(N2C(=O)[C@@H]3CC[C@H]2C3)n1)c1ccc(Oc2ccccc2)cc1. The van der Waals surface area contributed by atoms with Crippen molar-refractivity contribution in [1.29, 1.82) is 0 Å². The summed E-state index contributed by atoms with van der Waals surface area (Å²) in [6, 6.07) is 19.8. The third kappa shape index (κ3) is 3.61. The van der Waals surface area contributed by atoms with Crippen molar-refractivity contribution >= 4 is 17.7 Å². The minimum absolute atomic E-state index is 0.0109. The number of carbonyl (C=O) groups is 1. The molecule has 0 radical (unpaired) electrons. The zero-order valence-corrected chi connectivity index (χ0v) is 16.9. The van der Waals surface area contributed by atoms with Gasteiger partial charge in [-0.25, -0.2) is 4.98 Å². The van der Waals surface area contributed by atoms with E-state index in [1.165, 1.54) is 0 Å². The van der Waals surface area contributed by atoms with E-state index in [0.29, 0.717) is 17.8 Å². The van der Waals surface area contributed by atoms with Gasteiger partial charge in [-0.05, 0) is 62.1 Å². The van der Waals surface area contributed by atoms with Crippen molar-refractivity contribution in [3.8, 4) is 11.5 Å². The van der Waals surface area contributed by atoms with Gasteiger partial charge in [0.05, 0.1) is 6.04 Å². The first-order valence-electron chi connectivity index (χ1n) is 10.4. The summed E-state index contributed by atoms with van der Waals surface area (Å²) in [5.41, 5.74) is 1.10. The lowest BCUT2D eigenvalue weighted by Crippen LogP contribution is -2.37. The highest BCUT2D eigenvalue weighted by Gasteiger charge is 2.45. The number of rotatable bonds is 6. The van der Waals surface area contributed by atoms with Crippen LogP contribution in [0.15, 0.2) is 66.9 Å². The molecule has 2 aromatic carbocycles. The third-order valence-electron chi connectivity index (χ3n) is 5.95. The summed E-state index contributed by atoms with van der Waals surface area (Å²) in [4.78, 5) is 23.4. The van der Waals surface area contributed by atoms with Crippen LogP contribution in [0.3, 0.4) is 0 Å². The number of anilines is 2. The van der Waals surface area contributed by atoms with Gasteiger partial charge in [-0.1, -0.05) is 30.3 Å². The molecule has 1 aliphatic carbocycles. The average Bonchev–Trinajstić information content (AvgIpc) is 3.36. The van der Waals surface area contributed by atoms with Gasteiger partial charge in [0.2, 0.25) is 11.9 Å². The Morgan fingerprint density at radius 1 is 1.03 bits per heavy atom. The molecule has 0 spiro atoms. The number of hydrogen-bond donors (Lipinski definition) is 1. The van der Waals surface area contributed by atoms with Crippen LogP contribution in [0, 0.1) is 5.92 Å². The standard InChI is InChI=1S/C24H24N4O2/c1-16(17-8-11-21(12-9-17)30-20-5-3-2-4-6-20)26-24-25-14-13-22(27-24)28-19-10-7-18(15-19)23(28)29/h2-6,8-9,11-14,16,18-19H,7,10,15H2,1H3,(H,25,26,27)/t16-,18+,19-/m0/s1. The van der Waals surface area contributed by atoms with Gasteiger partial charge in [-0.3, -0.25) is 9.69 Å². The van der Waals surface area contributed by atoms with Crippen LogP contribution in [-0.2, 0) is 4.79 Å². The summed E-state index contributed by atoms with van der Waals surface area (Å²) in [6.07, 6.45) is 4.75. The van der Waals surface area contributed by atoms with E-state index in [-0.39, 0.29) is 17.9 Å². The maximum Gasteiger partial charge on any atom is 0.231 e. The Bertz CT molecular complexity index is 1040. The smallest absolute Gasteiger partial charge is 0.231 e. The van der Waals surface area contributed by atoms with Crippen molar-refractivity contribution in [3.05, 3.63) is 72.4 Å². The van der Waals surface area contributed by atoms with Crippen molar-refractivity contribution < 1.29 is 9.53 Å². The highest BCUT2D eigenvalue weighted by molar-refractivity contribution is 5.98. The Morgan fingerprint density at radius 3 is 2.53 bits per heavy atom. The lowest BCUT2D eigenvalue weighted by atomic mass is 10.1. The van der Waals surface area contributed by atoms with Crippen LogP contribution in [0.5, 0.6) is 11.5 Å². The fraction of sp³-hybridized carbons (Fsp3) is 0.292. The molecular formula is C24H24N4O2. The van der Waals surface area contributed by atoms with Crippen LogP contribution in [0.2, 0.25) is 0 Å². The number of piperidine rings is 1. The monoisotopic (exact) mass is 400 g/mol. The van der Waals surface area contributed by atoms with Crippen molar-refractivity contribution in [2.45, 2.75) is 38.3 Å². The number of aromatic nitrogens is 2. The molecule has 0 unspecified atom stereocenters. The summed E-state index contributed by atoms with van der Waals surface area (Å²) >= 11 is 0. The molecule has 30 heavy (non-hydrogen) atoms. The second-order valence-corrected chi connectivity index (χ2v) is 7.96. The highest BCUT2D eigenvalue weighted by Crippen LogP contribution is 2.40. The zero-order valence-electron chi connectivity index (χ0n) is 16.9. The third-order valence-corrected chi connectivity index (χ3v) is 5.95. The molecule has 1 N–H and O–H groups in total. The van der Waals surface area contributed by atoms with E-state index in [2.05, 4.69) is 22.2 Å². The van der Waals surface area contributed by atoms with Crippen LogP contribution in [0.4, 0.5) is 11.8 Å². The van der Waals surface area contributed by atoms with Crippen LogP contribution in [0.1, 0.15) is 37.8 Å². The summed E-state index contributed by atoms with van der Waals surface area (Å²) < 4.78 is 5.86. The summed E-state index contributed by atoms with van der Waals surface area (Å²) in [5.74, 6) is 3.21. The molecule has 2 fully saturated rings. The van der Waals surface area contributed by atoms with Gasteiger partial charge in [0.25, 0.3) is 0 Å². The van der Waals surface area contributed by atoms with Crippen molar-refractivity contribution in [3.63, 3.8) is 0 Å². The topological polar surface area (TPSA) is 67.4 Å². The van der Waals surface area contributed by atoms with Crippen molar-refractivity contribution in [2.24, 2.45) is 5.92 Å². The van der Waals surface area contributed by atoms with Gasteiger partial charge in [0, 0.05) is 18.2 Å². The Kier molecular flexibility index (Phi) is 4.83. The summed E-state index contributed by atoms with van der Waals surface area (Å²) in [5, 5.41) is 3.35. The number of para-hydroxylation sites is 1. The van der Waals surface area contributed by atoms with E-state index in [0.717, 1.165) is 36.3 Å². The summed E-state index contributed by atoms with van der Waals surface area (Å²) in [6.45, 7) is 2.06. The molecule has 2 aliphatic rings. The first kappa shape index (κ1) is 18.6. The highest BCUT2D eigenvalue weighted by atomic mass is 16.5. The molecule has 6 nitrogen and oxygen atoms in total. The molecule has 5 rings (SSSR count). The van der Waals surface area contributed by atoms with Crippen LogP contribution in [-0.4, -0.2) is 21.9 Å². The van der Waals surface area contributed by atoms with Crippen LogP contribution in [0.25, 0.3) is 0 Å². The number of benzene rings is 2. The second kappa shape index (κ2) is 7.78. The molecule has 1 aliphatic heterocycles. The summed E-state index contributed by atoms with van der Waals surface area (Å²) in [7, 11) is 0. The Morgan fingerprint density at radius 2 is 1.80 bits per heavy atom. The molecule has 3 atom stereocenters. The number of ether oxygens (including phenoxy) is 1. The fourth-order valence-corrected chi connectivity index (χ4v) is 4.37. The molecule has 1 saturated heterocycles. The van der Waals surface area contributed by atoms with E-state index in [9.17, 15) is 4.79 Å². The Balaban J connectivity index is 1.26. The quantitative estimate of drug-likeness (QED) is 0.634. The predicted octanol–water partition coefficient (Wildman–Crippen LogP) is 4.96. The van der Waals surface area contributed by atoms with Gasteiger partial charge < -0.3 is 10.1 Å². The van der Waals surface area contributed by atoms with E-state index in [1.54, 1.807) is 6.20 Å². The van der Waals surface area contributed by atoms with E-state index >= 15 is 0 Å². The zero-order chi connectivity index (χ0) is 20.5. The largest absolute Gasteiger partial charge is 0.457 e. The molecule has 1 saturated carbocycles. The number of nitrogens with one attached hydrogen (secondary N) is 1. The van der Waals surface area contributed by atoms with E-state index in [4.69, 9.17) is 4.74 Å². The van der Waals surface area contributed by atoms with Gasteiger partial charge in [0.1, 0.15) is 17.3 Å². The fourth-order valence-electron chi connectivity index (χ4n) is 4.37. The lowest BCUT2D eigenvalue weighted by molar-refractivity contribution is -0.121. The Hall–Kier alpha value is -3.41. The minimum atomic E-state index is 0.0109. The lowest BCUT2D eigenvalue weighted by Gasteiger charge is -2.26. The molecular weight excluding hydrogens is 376 g/mol. The van der Waals surface area contributed by atoms with Gasteiger partial charge in [0.15, 0.2) is 0 Å². The number of hydrogen-bond acceptors (Lipinski definition) is 5. The van der Waals surface area contributed by atoms with Crippen LogP contribution < -0.4 is 15.0 Å². The molecule has 1 amide bonds. The minimum Gasteiger partial charge on any atom is -0.457 e. The molecule has 6 heteroatoms. The van der Waals surface area contributed by atoms with E-state index < -0.39 is 0 Å². The molecule has 2 heterocycles. The number of fused-ring (bicyclic) bond motifs is 2. The number of carbonyl (C=O) groups excluding carboxylic acids is 1. The predicted molar refractivity (Wildman–Crippen MR) is 116 cm³/mol. The molecule has 152 valence electrons. The maximum absolute atomic E-state index is 12.5. The number of nitrogens with zero attached hydrogens (tertiary/aromatic N) is 3. The van der Waals surface area contributed by atoms with Crippen LogP contribution >= 0.6 is 0 Å². The molecule has 3 aromatic rings. The van der Waals surface area contributed by atoms with Crippen molar-refractivity contribution in [1.82, 2.24) is 9.97 Å². The van der Waals surface area contributed by atoms with Gasteiger partial charge in [-0.2, -0.15) is 4.98 Å². The number of amides is 1. The first-order chi connectivity index (χ1) is 14.7. The van der Waals surface area contributed by atoms with E-state index in [1.807, 2.05) is 65.6 Å². The molecule has 1 aromatic heterocycles. The Labute approximate surface area is 175 Å². The maximum atomic E-state index is 12.5.